The van der Waals surface area contributed by atoms with Gasteiger partial charge in [0, 0.05) is 0 Å². The maximum Gasteiger partial charge on any atom is 0.311 e. The first-order valence-electron chi connectivity index (χ1n) is 10.1. The van der Waals surface area contributed by atoms with Gasteiger partial charge in [-0.15, -0.1) is 0 Å². The van der Waals surface area contributed by atoms with Crippen molar-refractivity contribution >= 4 is 11.9 Å². The Balaban J connectivity index is 1.56. The summed E-state index contributed by atoms with van der Waals surface area (Å²) < 4.78 is 0. The van der Waals surface area contributed by atoms with Crippen LogP contribution in [0.4, 0.5) is 0 Å². The lowest BCUT2D eigenvalue weighted by Crippen LogP contribution is -2.64. The Kier molecular flexibility index (Phi) is 1.89. The molecule has 24 heavy (non-hydrogen) atoms. The lowest BCUT2D eigenvalue weighted by atomic mass is 9.44. The van der Waals surface area contributed by atoms with Gasteiger partial charge in [0.25, 0.3) is 0 Å². The molecule has 0 aromatic rings. The molecular weight excluding hydrogens is 304 g/mol. The summed E-state index contributed by atoms with van der Waals surface area (Å²) in [5.41, 5.74) is -1.80. The Morgan fingerprint density at radius 3 is 1.17 bits per heavy atom. The van der Waals surface area contributed by atoms with Crippen LogP contribution in [-0.2, 0) is 9.59 Å². The quantitative estimate of drug-likeness (QED) is 0.817. The SMILES string of the molecule is O=C(O)C12C3C4CCCC4C4C3C3C1C1CCCC1C3C42C(=O)O. The van der Waals surface area contributed by atoms with Gasteiger partial charge in [-0.2, -0.15) is 0 Å². The number of hydrogen-bond donors (Lipinski definition) is 2. The van der Waals surface area contributed by atoms with Crippen molar-refractivity contribution in [3.05, 3.63) is 0 Å². The van der Waals surface area contributed by atoms with E-state index in [4.69, 9.17) is 0 Å². The number of carboxylic acid groups (broad SMARTS) is 2. The molecule has 0 amide bonds. The second-order valence-corrected chi connectivity index (χ2v) is 10.1. The van der Waals surface area contributed by atoms with Crippen molar-refractivity contribution in [1.29, 1.82) is 0 Å². The second kappa shape index (κ2) is 3.43. The van der Waals surface area contributed by atoms with E-state index < -0.39 is 22.8 Å². The van der Waals surface area contributed by atoms with E-state index in [9.17, 15) is 19.8 Å². The van der Waals surface area contributed by atoms with Gasteiger partial charge < -0.3 is 10.2 Å². The van der Waals surface area contributed by atoms with Gasteiger partial charge in [-0.1, -0.05) is 12.8 Å². The van der Waals surface area contributed by atoms with Crippen molar-refractivity contribution in [2.45, 2.75) is 38.5 Å². The van der Waals surface area contributed by atoms with Crippen LogP contribution in [0.3, 0.4) is 0 Å². The fourth-order valence-electron chi connectivity index (χ4n) is 11.4. The topological polar surface area (TPSA) is 74.6 Å². The van der Waals surface area contributed by atoms with E-state index in [-0.39, 0.29) is 23.7 Å². The minimum absolute atomic E-state index is 0.191. The third-order valence-corrected chi connectivity index (χ3v) is 10.7. The van der Waals surface area contributed by atoms with Crippen LogP contribution in [-0.4, -0.2) is 22.2 Å². The first-order chi connectivity index (χ1) is 11.6. The molecular formula is C20H24O4. The lowest BCUT2D eigenvalue weighted by Gasteiger charge is -2.56. The molecule has 4 heteroatoms. The van der Waals surface area contributed by atoms with Gasteiger partial charge in [-0.25, -0.2) is 0 Å². The van der Waals surface area contributed by atoms with Gasteiger partial charge in [0.15, 0.2) is 0 Å². The van der Waals surface area contributed by atoms with Gasteiger partial charge in [0.2, 0.25) is 0 Å². The van der Waals surface area contributed by atoms with Gasteiger partial charge in [-0.3, -0.25) is 9.59 Å². The third-order valence-electron chi connectivity index (χ3n) is 10.7. The lowest BCUT2D eigenvalue weighted by molar-refractivity contribution is -0.204. The van der Waals surface area contributed by atoms with Crippen molar-refractivity contribution in [2.24, 2.45) is 70.0 Å². The molecule has 2 N–H and O–H groups in total. The van der Waals surface area contributed by atoms with E-state index >= 15 is 0 Å². The van der Waals surface area contributed by atoms with Crippen molar-refractivity contribution in [3.8, 4) is 0 Å². The normalized spacial score (nSPS) is 68.8. The number of carbonyl (C=O) groups is 2. The molecule has 0 radical (unpaired) electrons. The monoisotopic (exact) mass is 328 g/mol. The first kappa shape index (κ1) is 13.2. The molecule has 0 spiro atoms. The van der Waals surface area contributed by atoms with Crippen molar-refractivity contribution in [3.63, 3.8) is 0 Å². The molecule has 128 valence electrons. The standard InChI is InChI=1S/C20H24O4/c21-17(22)19-13-7-3-1-4-8(7)14-11(13)12-15(19)9-5-2-6-10(9)16(12)20(14,19)18(23)24/h7-16H,1-6H2,(H,21,22)(H,23,24). The fourth-order valence-corrected chi connectivity index (χ4v) is 11.4. The first-order valence-corrected chi connectivity index (χ1v) is 10.1. The largest absolute Gasteiger partial charge is 0.481 e. The highest BCUT2D eigenvalue weighted by Gasteiger charge is 3.00. The molecule has 0 aliphatic heterocycles. The summed E-state index contributed by atoms with van der Waals surface area (Å²) in [6, 6.07) is 0. The Hall–Kier alpha value is -1.06. The molecule has 0 saturated heterocycles. The minimum Gasteiger partial charge on any atom is -0.481 e. The van der Waals surface area contributed by atoms with Crippen molar-refractivity contribution in [2.75, 3.05) is 0 Å². The highest BCUT2D eigenvalue weighted by Crippen LogP contribution is 2.97. The molecule has 8 fully saturated rings. The summed E-state index contributed by atoms with van der Waals surface area (Å²) in [5.74, 6) is 2.28. The number of aliphatic carboxylic acids is 2. The summed E-state index contributed by atoms with van der Waals surface area (Å²) in [5, 5.41) is 21.0. The highest BCUT2D eigenvalue weighted by atomic mass is 16.4. The van der Waals surface area contributed by atoms with Crippen LogP contribution < -0.4 is 0 Å². The molecule has 0 aromatic carbocycles. The molecule has 4 nitrogen and oxygen atoms in total. The molecule has 8 aliphatic rings. The summed E-state index contributed by atoms with van der Waals surface area (Å²) in [4.78, 5) is 25.6. The van der Waals surface area contributed by atoms with Gasteiger partial charge in [-0.05, 0) is 84.9 Å². The van der Waals surface area contributed by atoms with E-state index in [1.54, 1.807) is 0 Å². The molecule has 0 heterocycles. The van der Waals surface area contributed by atoms with Crippen LogP contribution in [0.25, 0.3) is 0 Å². The van der Waals surface area contributed by atoms with E-state index in [0.717, 1.165) is 25.7 Å². The minimum atomic E-state index is -0.902. The van der Waals surface area contributed by atoms with E-state index in [2.05, 4.69) is 0 Å². The molecule has 8 aliphatic carbocycles. The van der Waals surface area contributed by atoms with Crippen LogP contribution >= 0.6 is 0 Å². The van der Waals surface area contributed by atoms with E-state index in [1.807, 2.05) is 0 Å². The zero-order valence-electron chi connectivity index (χ0n) is 13.7. The zero-order chi connectivity index (χ0) is 16.2. The maximum absolute atomic E-state index is 12.8. The predicted molar refractivity (Wildman–Crippen MR) is 82.7 cm³/mol. The molecule has 0 aromatic heterocycles. The average molecular weight is 328 g/mol. The summed E-state index contributed by atoms with van der Waals surface area (Å²) in [6.45, 7) is 0. The van der Waals surface area contributed by atoms with E-state index in [0.29, 0.717) is 35.5 Å². The van der Waals surface area contributed by atoms with Crippen LogP contribution in [0.1, 0.15) is 38.5 Å². The van der Waals surface area contributed by atoms with Crippen LogP contribution in [0.5, 0.6) is 0 Å². The Labute approximate surface area is 141 Å². The number of fused-ring (bicyclic) bond motifs is 2. The maximum atomic E-state index is 12.8. The number of carboxylic acids is 2. The van der Waals surface area contributed by atoms with Gasteiger partial charge in [0.05, 0.1) is 10.8 Å². The average Bonchev–Trinajstić information content (AvgIpc) is 3.30. The van der Waals surface area contributed by atoms with E-state index in [1.165, 1.54) is 12.8 Å². The molecule has 8 unspecified atom stereocenters. The third kappa shape index (κ3) is 0.834. The van der Waals surface area contributed by atoms with Crippen molar-refractivity contribution in [1.82, 2.24) is 0 Å². The van der Waals surface area contributed by atoms with Gasteiger partial charge in [0.1, 0.15) is 0 Å². The summed E-state index contributed by atoms with van der Waals surface area (Å²) in [7, 11) is 0. The zero-order valence-corrected chi connectivity index (χ0v) is 13.7. The Morgan fingerprint density at radius 2 is 0.917 bits per heavy atom. The summed E-state index contributed by atoms with van der Waals surface area (Å²) >= 11 is 0. The van der Waals surface area contributed by atoms with Crippen LogP contribution in [0.2, 0.25) is 0 Å². The molecule has 8 saturated carbocycles. The molecule has 8 atom stereocenters. The Bertz CT molecular complexity index is 616. The fraction of sp³-hybridized carbons (Fsp3) is 0.900. The van der Waals surface area contributed by atoms with Crippen molar-refractivity contribution < 1.29 is 19.8 Å². The highest BCUT2D eigenvalue weighted by molar-refractivity contribution is 5.93. The smallest absolute Gasteiger partial charge is 0.311 e. The molecule has 8 bridgehead atoms. The Morgan fingerprint density at radius 1 is 0.625 bits per heavy atom. The summed E-state index contributed by atoms with van der Waals surface area (Å²) in [6.07, 6.45) is 7.01. The number of hydrogen-bond acceptors (Lipinski definition) is 2. The molecule has 8 rings (SSSR count). The second-order valence-electron chi connectivity index (χ2n) is 10.1. The van der Waals surface area contributed by atoms with Crippen LogP contribution in [0, 0.1) is 70.0 Å². The predicted octanol–water partition coefficient (Wildman–Crippen LogP) is 2.73. The number of rotatable bonds is 2. The van der Waals surface area contributed by atoms with Crippen LogP contribution in [0.15, 0.2) is 0 Å². The van der Waals surface area contributed by atoms with Gasteiger partial charge >= 0.3 is 11.9 Å².